The fourth-order valence-corrected chi connectivity index (χ4v) is 3.60. The van der Waals surface area contributed by atoms with Gasteiger partial charge in [0.25, 0.3) is 0 Å². The second kappa shape index (κ2) is 6.58. The van der Waals surface area contributed by atoms with Crippen molar-refractivity contribution in [3.05, 3.63) is 0 Å². The predicted molar refractivity (Wildman–Crippen MR) is 77.2 cm³/mol. The summed E-state index contributed by atoms with van der Waals surface area (Å²) in [5.74, 6) is 0. The SMILES string of the molecule is CC[C@H]1CCCCN1C(=S)NC1CCCCC1. The van der Waals surface area contributed by atoms with Gasteiger partial charge in [0, 0.05) is 18.6 Å². The van der Waals surface area contributed by atoms with E-state index in [9.17, 15) is 0 Å². The summed E-state index contributed by atoms with van der Waals surface area (Å²) in [7, 11) is 0. The van der Waals surface area contributed by atoms with Crippen molar-refractivity contribution < 1.29 is 0 Å². The molecule has 0 radical (unpaired) electrons. The molecule has 98 valence electrons. The highest BCUT2D eigenvalue weighted by Crippen LogP contribution is 2.21. The van der Waals surface area contributed by atoms with Crippen LogP contribution in [0.1, 0.15) is 64.7 Å². The fraction of sp³-hybridized carbons (Fsp3) is 0.929. The number of hydrogen-bond acceptors (Lipinski definition) is 1. The normalized spacial score (nSPS) is 26.9. The molecule has 1 atom stereocenters. The molecule has 1 saturated heterocycles. The Balaban J connectivity index is 1.84. The van der Waals surface area contributed by atoms with Crippen LogP contribution < -0.4 is 5.32 Å². The Morgan fingerprint density at radius 2 is 1.82 bits per heavy atom. The first kappa shape index (κ1) is 13.1. The van der Waals surface area contributed by atoms with E-state index in [2.05, 4.69) is 17.1 Å². The Morgan fingerprint density at radius 1 is 1.12 bits per heavy atom. The minimum atomic E-state index is 0.649. The number of hydrogen-bond donors (Lipinski definition) is 1. The molecule has 17 heavy (non-hydrogen) atoms. The molecule has 3 heteroatoms. The average molecular weight is 254 g/mol. The van der Waals surface area contributed by atoms with Crippen molar-refractivity contribution in [2.45, 2.75) is 76.8 Å². The Bertz CT molecular complexity index is 249. The Hall–Kier alpha value is -0.310. The minimum absolute atomic E-state index is 0.649. The second-order valence-electron chi connectivity index (χ2n) is 5.54. The molecule has 1 saturated carbocycles. The molecule has 1 N–H and O–H groups in total. The van der Waals surface area contributed by atoms with Crippen LogP contribution >= 0.6 is 12.2 Å². The van der Waals surface area contributed by atoms with Gasteiger partial charge >= 0.3 is 0 Å². The van der Waals surface area contributed by atoms with Gasteiger partial charge in [-0.15, -0.1) is 0 Å². The molecule has 1 aliphatic carbocycles. The van der Waals surface area contributed by atoms with Gasteiger partial charge in [0.2, 0.25) is 0 Å². The van der Waals surface area contributed by atoms with E-state index in [0.29, 0.717) is 12.1 Å². The van der Waals surface area contributed by atoms with E-state index in [4.69, 9.17) is 12.2 Å². The van der Waals surface area contributed by atoms with Crippen LogP contribution in [0.4, 0.5) is 0 Å². The maximum atomic E-state index is 5.61. The largest absolute Gasteiger partial charge is 0.360 e. The topological polar surface area (TPSA) is 15.3 Å². The third kappa shape index (κ3) is 3.57. The maximum Gasteiger partial charge on any atom is 0.169 e. The zero-order valence-electron chi connectivity index (χ0n) is 11.1. The highest BCUT2D eigenvalue weighted by atomic mass is 32.1. The number of likely N-dealkylation sites (tertiary alicyclic amines) is 1. The molecule has 0 bridgehead atoms. The monoisotopic (exact) mass is 254 g/mol. The summed E-state index contributed by atoms with van der Waals surface area (Å²) in [6.07, 6.45) is 12.0. The minimum Gasteiger partial charge on any atom is -0.360 e. The molecule has 1 aliphatic heterocycles. The second-order valence-corrected chi connectivity index (χ2v) is 5.92. The molecule has 1 heterocycles. The zero-order chi connectivity index (χ0) is 12.1. The van der Waals surface area contributed by atoms with E-state index in [1.54, 1.807) is 0 Å². The Morgan fingerprint density at radius 3 is 2.53 bits per heavy atom. The number of nitrogens with zero attached hydrogens (tertiary/aromatic N) is 1. The lowest BCUT2D eigenvalue weighted by Crippen LogP contribution is -2.51. The fourth-order valence-electron chi connectivity index (χ4n) is 3.20. The Labute approximate surface area is 111 Å². The molecule has 2 rings (SSSR count). The summed E-state index contributed by atoms with van der Waals surface area (Å²) in [6, 6.07) is 1.34. The van der Waals surface area contributed by atoms with Crippen LogP contribution in [0.25, 0.3) is 0 Å². The van der Waals surface area contributed by atoms with Crippen molar-refractivity contribution >= 4 is 17.3 Å². The van der Waals surface area contributed by atoms with Gasteiger partial charge < -0.3 is 10.2 Å². The van der Waals surface area contributed by atoms with Crippen molar-refractivity contribution in [1.29, 1.82) is 0 Å². The molecular weight excluding hydrogens is 228 g/mol. The molecular formula is C14H26N2S. The highest BCUT2D eigenvalue weighted by molar-refractivity contribution is 7.80. The van der Waals surface area contributed by atoms with Gasteiger partial charge in [-0.2, -0.15) is 0 Å². The van der Waals surface area contributed by atoms with Gasteiger partial charge in [0.05, 0.1) is 0 Å². The van der Waals surface area contributed by atoms with Gasteiger partial charge in [-0.25, -0.2) is 0 Å². The number of nitrogens with one attached hydrogen (secondary N) is 1. The highest BCUT2D eigenvalue weighted by Gasteiger charge is 2.24. The van der Waals surface area contributed by atoms with Crippen molar-refractivity contribution in [2.75, 3.05) is 6.54 Å². The van der Waals surface area contributed by atoms with Gasteiger partial charge in [-0.3, -0.25) is 0 Å². The third-order valence-electron chi connectivity index (χ3n) is 4.29. The van der Waals surface area contributed by atoms with E-state index in [1.165, 1.54) is 57.8 Å². The van der Waals surface area contributed by atoms with Crippen LogP contribution in [0.5, 0.6) is 0 Å². The molecule has 2 aliphatic rings. The number of thiocarbonyl (C=S) groups is 1. The van der Waals surface area contributed by atoms with Crippen LogP contribution in [0, 0.1) is 0 Å². The Kier molecular flexibility index (Phi) is 5.08. The standard InChI is InChI=1S/C14H26N2S/c1-2-13-10-6-7-11-16(13)14(17)15-12-8-4-3-5-9-12/h12-13H,2-11H2,1H3,(H,15,17)/t13-/m0/s1. The van der Waals surface area contributed by atoms with E-state index in [1.807, 2.05) is 0 Å². The molecule has 0 aromatic rings. The summed E-state index contributed by atoms with van der Waals surface area (Å²) < 4.78 is 0. The van der Waals surface area contributed by atoms with Gasteiger partial charge in [0.15, 0.2) is 5.11 Å². The van der Waals surface area contributed by atoms with Crippen molar-refractivity contribution in [3.8, 4) is 0 Å². The van der Waals surface area contributed by atoms with Crippen LogP contribution in [0.2, 0.25) is 0 Å². The van der Waals surface area contributed by atoms with E-state index >= 15 is 0 Å². The third-order valence-corrected chi connectivity index (χ3v) is 4.64. The predicted octanol–water partition coefficient (Wildman–Crippen LogP) is 3.46. The van der Waals surface area contributed by atoms with Crippen LogP contribution in [-0.4, -0.2) is 28.6 Å². The smallest absolute Gasteiger partial charge is 0.169 e. The summed E-state index contributed by atoms with van der Waals surface area (Å²) in [4.78, 5) is 2.45. The van der Waals surface area contributed by atoms with Crippen molar-refractivity contribution in [3.63, 3.8) is 0 Å². The van der Waals surface area contributed by atoms with Crippen molar-refractivity contribution in [2.24, 2.45) is 0 Å². The number of piperidine rings is 1. The van der Waals surface area contributed by atoms with Gasteiger partial charge in [-0.1, -0.05) is 26.2 Å². The zero-order valence-corrected chi connectivity index (χ0v) is 11.9. The first-order valence-corrected chi connectivity index (χ1v) is 7.79. The van der Waals surface area contributed by atoms with E-state index in [0.717, 1.165) is 11.7 Å². The summed E-state index contributed by atoms with van der Waals surface area (Å²) in [6.45, 7) is 3.45. The van der Waals surface area contributed by atoms with Gasteiger partial charge in [-0.05, 0) is 50.7 Å². The first-order valence-electron chi connectivity index (χ1n) is 7.38. The first-order chi connectivity index (χ1) is 8.31. The summed E-state index contributed by atoms with van der Waals surface area (Å²) >= 11 is 5.61. The summed E-state index contributed by atoms with van der Waals surface area (Å²) in [5.41, 5.74) is 0. The summed E-state index contributed by atoms with van der Waals surface area (Å²) in [5, 5.41) is 4.64. The molecule has 2 nitrogen and oxygen atoms in total. The van der Waals surface area contributed by atoms with Crippen molar-refractivity contribution in [1.82, 2.24) is 10.2 Å². The average Bonchev–Trinajstić information content (AvgIpc) is 2.40. The lowest BCUT2D eigenvalue weighted by atomic mass is 9.95. The molecule has 0 unspecified atom stereocenters. The van der Waals surface area contributed by atoms with Crippen LogP contribution in [0.15, 0.2) is 0 Å². The maximum absolute atomic E-state index is 5.61. The van der Waals surface area contributed by atoms with E-state index < -0.39 is 0 Å². The van der Waals surface area contributed by atoms with Crippen LogP contribution in [0.3, 0.4) is 0 Å². The lowest BCUT2D eigenvalue weighted by molar-refractivity contribution is 0.229. The van der Waals surface area contributed by atoms with Crippen LogP contribution in [-0.2, 0) is 0 Å². The van der Waals surface area contributed by atoms with E-state index in [-0.39, 0.29) is 0 Å². The molecule has 2 fully saturated rings. The number of rotatable bonds is 2. The van der Waals surface area contributed by atoms with Gasteiger partial charge in [0.1, 0.15) is 0 Å². The molecule has 0 amide bonds. The molecule has 0 aromatic heterocycles. The molecule has 0 aromatic carbocycles. The molecule has 0 spiro atoms. The quantitative estimate of drug-likeness (QED) is 0.760. The lowest BCUT2D eigenvalue weighted by Gasteiger charge is -2.39.